The van der Waals surface area contributed by atoms with Crippen LogP contribution in [-0.4, -0.2) is 38.7 Å². The summed E-state index contributed by atoms with van der Waals surface area (Å²) in [4.78, 5) is 23.9. The highest BCUT2D eigenvalue weighted by molar-refractivity contribution is 5.99. The molecule has 1 aliphatic rings. The minimum absolute atomic E-state index is 0.0797. The molecule has 0 radical (unpaired) electrons. The normalized spacial score (nSPS) is 19.4. The second-order valence-corrected chi connectivity index (χ2v) is 5.18. The number of hydrogen-bond acceptors (Lipinski definition) is 4. The van der Waals surface area contributed by atoms with Crippen molar-refractivity contribution in [1.29, 1.82) is 0 Å². The Morgan fingerprint density at radius 3 is 2.50 bits per heavy atom. The van der Waals surface area contributed by atoms with Crippen LogP contribution in [0.25, 0.3) is 0 Å². The Balaban J connectivity index is 1.77. The fourth-order valence-corrected chi connectivity index (χ4v) is 2.22. The minimum Gasteiger partial charge on any atom is -0.494 e. The molecule has 0 heterocycles. The van der Waals surface area contributed by atoms with Crippen molar-refractivity contribution in [2.24, 2.45) is 11.8 Å². The molecule has 0 bridgehead atoms. The van der Waals surface area contributed by atoms with Crippen LogP contribution in [0.1, 0.15) is 13.3 Å². The summed E-state index contributed by atoms with van der Waals surface area (Å²) in [5, 5.41) is 5.58. The summed E-state index contributed by atoms with van der Waals surface area (Å²) in [7, 11) is 1.58. The van der Waals surface area contributed by atoms with Gasteiger partial charge in [-0.1, -0.05) is 0 Å². The van der Waals surface area contributed by atoms with Gasteiger partial charge in [-0.05, 0) is 37.6 Å². The van der Waals surface area contributed by atoms with E-state index in [0.717, 1.165) is 5.75 Å². The van der Waals surface area contributed by atoms with Crippen LogP contribution in [-0.2, 0) is 14.3 Å². The predicted molar refractivity (Wildman–Crippen MR) is 82.7 cm³/mol. The number of hydrogen-bond donors (Lipinski definition) is 2. The van der Waals surface area contributed by atoms with E-state index in [1.54, 1.807) is 31.4 Å². The molecule has 0 aliphatic heterocycles. The first-order valence-electron chi connectivity index (χ1n) is 7.46. The molecule has 6 nitrogen and oxygen atoms in total. The quantitative estimate of drug-likeness (QED) is 0.712. The van der Waals surface area contributed by atoms with E-state index in [9.17, 15) is 9.59 Å². The Bertz CT molecular complexity index is 515. The van der Waals surface area contributed by atoms with Crippen molar-refractivity contribution in [3.63, 3.8) is 0 Å². The molecule has 6 heteroatoms. The molecule has 2 unspecified atom stereocenters. The third-order valence-electron chi connectivity index (χ3n) is 3.50. The van der Waals surface area contributed by atoms with E-state index in [1.165, 1.54) is 0 Å². The summed E-state index contributed by atoms with van der Waals surface area (Å²) in [5.74, 6) is 0.107. The Kier molecular flexibility index (Phi) is 5.77. The third-order valence-corrected chi connectivity index (χ3v) is 3.50. The lowest BCUT2D eigenvalue weighted by atomic mass is 10.2. The average Bonchev–Trinajstić information content (AvgIpc) is 3.30. The number of carbonyl (C=O) groups is 2. The Hall–Kier alpha value is -2.08. The van der Waals surface area contributed by atoms with Gasteiger partial charge in [-0.2, -0.15) is 0 Å². The first-order chi connectivity index (χ1) is 10.7. The topological polar surface area (TPSA) is 76.7 Å². The van der Waals surface area contributed by atoms with Crippen molar-refractivity contribution in [2.75, 3.05) is 32.2 Å². The van der Waals surface area contributed by atoms with Crippen molar-refractivity contribution in [3.05, 3.63) is 24.3 Å². The van der Waals surface area contributed by atoms with E-state index >= 15 is 0 Å². The Labute approximate surface area is 130 Å². The number of nitrogens with one attached hydrogen (secondary N) is 2. The molecular formula is C16H22N2O4. The molecule has 120 valence electrons. The zero-order chi connectivity index (χ0) is 15.9. The maximum atomic E-state index is 12.1. The van der Waals surface area contributed by atoms with Gasteiger partial charge >= 0.3 is 0 Å². The molecule has 1 aromatic rings. The second kappa shape index (κ2) is 7.79. The molecule has 0 saturated heterocycles. The molecule has 0 spiro atoms. The highest BCUT2D eigenvalue weighted by Gasteiger charge is 2.47. The lowest BCUT2D eigenvalue weighted by molar-refractivity contribution is -0.125. The summed E-state index contributed by atoms with van der Waals surface area (Å²) in [5.41, 5.74) is 0.707. The fraction of sp³-hybridized carbons (Fsp3) is 0.500. The number of rotatable bonds is 8. The van der Waals surface area contributed by atoms with Crippen LogP contribution >= 0.6 is 0 Å². The molecule has 1 aromatic carbocycles. The van der Waals surface area contributed by atoms with E-state index in [2.05, 4.69) is 10.6 Å². The zero-order valence-corrected chi connectivity index (χ0v) is 12.9. The molecular weight excluding hydrogens is 284 g/mol. The Morgan fingerprint density at radius 2 is 1.86 bits per heavy atom. The van der Waals surface area contributed by atoms with Gasteiger partial charge < -0.3 is 20.1 Å². The van der Waals surface area contributed by atoms with Gasteiger partial charge in [0.2, 0.25) is 11.8 Å². The summed E-state index contributed by atoms with van der Waals surface area (Å²) < 4.78 is 10.2. The summed E-state index contributed by atoms with van der Waals surface area (Å²) >= 11 is 0. The Morgan fingerprint density at radius 1 is 1.18 bits per heavy atom. The van der Waals surface area contributed by atoms with Gasteiger partial charge in [-0.25, -0.2) is 0 Å². The van der Waals surface area contributed by atoms with Gasteiger partial charge in [0.1, 0.15) is 5.75 Å². The van der Waals surface area contributed by atoms with Crippen molar-refractivity contribution < 1.29 is 19.1 Å². The molecule has 2 rings (SSSR count). The molecule has 2 amide bonds. The van der Waals surface area contributed by atoms with E-state index in [0.29, 0.717) is 31.9 Å². The smallest absolute Gasteiger partial charge is 0.228 e. The molecule has 1 fully saturated rings. The summed E-state index contributed by atoms with van der Waals surface area (Å²) in [6.07, 6.45) is 0.599. The number of methoxy groups -OCH3 is 1. The van der Waals surface area contributed by atoms with E-state index in [-0.39, 0.29) is 23.7 Å². The number of ether oxygens (including phenoxy) is 2. The van der Waals surface area contributed by atoms with Crippen LogP contribution in [0.15, 0.2) is 24.3 Å². The van der Waals surface area contributed by atoms with Gasteiger partial charge in [0.05, 0.1) is 25.0 Å². The summed E-state index contributed by atoms with van der Waals surface area (Å²) in [6, 6.07) is 7.19. The molecule has 2 atom stereocenters. The largest absolute Gasteiger partial charge is 0.494 e. The maximum Gasteiger partial charge on any atom is 0.228 e. The van der Waals surface area contributed by atoms with Crippen LogP contribution in [0.2, 0.25) is 0 Å². The van der Waals surface area contributed by atoms with E-state index in [1.807, 2.05) is 6.92 Å². The standard InChI is InChI=1S/C16H22N2O4/c1-3-22-12-6-4-11(5-7-12)18-16(20)14-10-13(14)15(19)17-8-9-21-2/h4-7,13-14H,3,8-10H2,1-2H3,(H,17,19)(H,18,20). The first-order valence-corrected chi connectivity index (χ1v) is 7.46. The predicted octanol–water partition coefficient (Wildman–Crippen LogP) is 1.42. The average molecular weight is 306 g/mol. The molecule has 1 aliphatic carbocycles. The van der Waals surface area contributed by atoms with Gasteiger partial charge in [-0.3, -0.25) is 9.59 Å². The van der Waals surface area contributed by atoms with Crippen molar-refractivity contribution >= 4 is 17.5 Å². The number of anilines is 1. The molecule has 22 heavy (non-hydrogen) atoms. The monoisotopic (exact) mass is 306 g/mol. The van der Waals surface area contributed by atoms with Crippen LogP contribution in [0.4, 0.5) is 5.69 Å². The van der Waals surface area contributed by atoms with Gasteiger partial charge in [0.15, 0.2) is 0 Å². The molecule has 0 aromatic heterocycles. The third kappa shape index (κ3) is 4.46. The number of carbonyl (C=O) groups excluding carboxylic acids is 2. The van der Waals surface area contributed by atoms with Gasteiger partial charge in [-0.15, -0.1) is 0 Å². The van der Waals surface area contributed by atoms with Gasteiger partial charge in [0.25, 0.3) is 0 Å². The van der Waals surface area contributed by atoms with Crippen molar-refractivity contribution in [1.82, 2.24) is 5.32 Å². The molecule has 1 saturated carbocycles. The SMILES string of the molecule is CCOc1ccc(NC(=O)C2CC2C(=O)NCCOC)cc1. The van der Waals surface area contributed by atoms with Crippen molar-refractivity contribution in [3.8, 4) is 5.75 Å². The lowest BCUT2D eigenvalue weighted by Gasteiger charge is -2.07. The van der Waals surface area contributed by atoms with Crippen LogP contribution < -0.4 is 15.4 Å². The second-order valence-electron chi connectivity index (χ2n) is 5.18. The van der Waals surface area contributed by atoms with Crippen LogP contribution in [0.3, 0.4) is 0 Å². The zero-order valence-electron chi connectivity index (χ0n) is 12.9. The maximum absolute atomic E-state index is 12.1. The molecule has 2 N–H and O–H groups in total. The fourth-order valence-electron chi connectivity index (χ4n) is 2.22. The first kappa shape index (κ1) is 16.3. The lowest BCUT2D eigenvalue weighted by Crippen LogP contribution is -2.30. The minimum atomic E-state index is -0.242. The number of amides is 2. The van der Waals surface area contributed by atoms with E-state index < -0.39 is 0 Å². The highest BCUT2D eigenvalue weighted by Crippen LogP contribution is 2.39. The van der Waals surface area contributed by atoms with Crippen molar-refractivity contribution in [2.45, 2.75) is 13.3 Å². The van der Waals surface area contributed by atoms with Gasteiger partial charge in [0, 0.05) is 19.3 Å². The van der Waals surface area contributed by atoms with E-state index in [4.69, 9.17) is 9.47 Å². The van der Waals surface area contributed by atoms with Crippen LogP contribution in [0, 0.1) is 11.8 Å². The summed E-state index contributed by atoms with van der Waals surface area (Å²) in [6.45, 7) is 3.47. The highest BCUT2D eigenvalue weighted by atomic mass is 16.5. The number of benzene rings is 1. The van der Waals surface area contributed by atoms with Crippen LogP contribution in [0.5, 0.6) is 5.75 Å².